The van der Waals surface area contributed by atoms with E-state index in [-0.39, 0.29) is 43.3 Å². The highest BCUT2D eigenvalue weighted by Gasteiger charge is 2.19. The van der Waals surface area contributed by atoms with Crippen LogP contribution in [0.5, 0.6) is 17.2 Å². The molecule has 0 bridgehead atoms. The molecule has 10 heteroatoms. The zero-order valence-corrected chi connectivity index (χ0v) is 17.0. The van der Waals surface area contributed by atoms with E-state index in [1.54, 1.807) is 6.07 Å². The molecular formula is C20H22FNO7S. The lowest BCUT2D eigenvalue weighted by molar-refractivity contribution is -0.144. The van der Waals surface area contributed by atoms with Crippen LogP contribution in [0.15, 0.2) is 47.4 Å². The van der Waals surface area contributed by atoms with E-state index in [0.29, 0.717) is 30.5 Å². The molecule has 0 aromatic heterocycles. The van der Waals surface area contributed by atoms with Gasteiger partial charge in [-0.15, -0.1) is 0 Å². The predicted molar refractivity (Wildman–Crippen MR) is 105 cm³/mol. The van der Waals surface area contributed by atoms with Crippen molar-refractivity contribution < 1.29 is 36.6 Å². The third-order valence-corrected chi connectivity index (χ3v) is 5.56. The Bertz CT molecular complexity index is 964. The quantitative estimate of drug-likeness (QED) is 0.448. The molecule has 3 rings (SSSR count). The number of benzene rings is 2. The van der Waals surface area contributed by atoms with Crippen molar-refractivity contribution in [2.24, 2.45) is 0 Å². The highest BCUT2D eigenvalue weighted by molar-refractivity contribution is 7.89. The van der Waals surface area contributed by atoms with Crippen LogP contribution < -0.4 is 18.9 Å². The van der Waals surface area contributed by atoms with Gasteiger partial charge in [0.05, 0.1) is 4.90 Å². The van der Waals surface area contributed by atoms with Gasteiger partial charge >= 0.3 is 5.97 Å². The SMILES string of the molecule is O=C(CCCNS(=O)(=O)c1ccc2c(c1)OCCO2)OCCOc1ccc(F)cc1. The second kappa shape index (κ2) is 10.3. The summed E-state index contributed by atoms with van der Waals surface area (Å²) in [6.07, 6.45) is 0.335. The molecule has 1 aliphatic heterocycles. The van der Waals surface area contributed by atoms with E-state index < -0.39 is 16.0 Å². The van der Waals surface area contributed by atoms with E-state index in [1.807, 2.05) is 0 Å². The van der Waals surface area contributed by atoms with Gasteiger partial charge in [-0.05, 0) is 42.8 Å². The zero-order chi connectivity index (χ0) is 21.4. The molecule has 30 heavy (non-hydrogen) atoms. The number of halogens is 1. The molecule has 8 nitrogen and oxygen atoms in total. The van der Waals surface area contributed by atoms with Crippen molar-refractivity contribution in [3.05, 3.63) is 48.3 Å². The fourth-order valence-electron chi connectivity index (χ4n) is 2.63. The maximum Gasteiger partial charge on any atom is 0.305 e. The van der Waals surface area contributed by atoms with Crippen molar-refractivity contribution >= 4 is 16.0 Å². The predicted octanol–water partition coefficient (Wildman–Crippen LogP) is 2.28. The van der Waals surface area contributed by atoms with Crippen LogP contribution in [-0.2, 0) is 19.6 Å². The number of rotatable bonds is 10. The molecule has 0 unspecified atom stereocenters. The molecule has 2 aromatic carbocycles. The van der Waals surface area contributed by atoms with Crippen molar-refractivity contribution in [3.8, 4) is 17.2 Å². The van der Waals surface area contributed by atoms with Gasteiger partial charge in [0.2, 0.25) is 10.0 Å². The van der Waals surface area contributed by atoms with Crippen LogP contribution in [0.25, 0.3) is 0 Å². The molecule has 1 heterocycles. The van der Waals surface area contributed by atoms with Gasteiger partial charge in [-0.25, -0.2) is 17.5 Å². The smallest absolute Gasteiger partial charge is 0.305 e. The molecule has 0 aliphatic carbocycles. The second-order valence-corrected chi connectivity index (χ2v) is 8.10. The molecule has 0 fully saturated rings. The number of hydrogen-bond donors (Lipinski definition) is 1. The van der Waals surface area contributed by atoms with E-state index in [0.717, 1.165) is 0 Å². The van der Waals surface area contributed by atoms with Gasteiger partial charge in [0.1, 0.15) is 38.0 Å². The van der Waals surface area contributed by atoms with Gasteiger partial charge in [-0.1, -0.05) is 0 Å². The second-order valence-electron chi connectivity index (χ2n) is 6.33. The van der Waals surface area contributed by atoms with E-state index in [2.05, 4.69) is 4.72 Å². The van der Waals surface area contributed by atoms with E-state index in [4.69, 9.17) is 18.9 Å². The molecule has 0 saturated carbocycles. The Hall–Kier alpha value is -2.85. The monoisotopic (exact) mass is 439 g/mol. The lowest BCUT2D eigenvalue weighted by Gasteiger charge is -2.18. The van der Waals surface area contributed by atoms with Crippen molar-refractivity contribution in [2.45, 2.75) is 17.7 Å². The third-order valence-electron chi connectivity index (χ3n) is 4.10. The first-order valence-corrected chi connectivity index (χ1v) is 10.9. The summed E-state index contributed by atoms with van der Waals surface area (Å²) < 4.78 is 61.1. The number of ether oxygens (including phenoxy) is 4. The Kier molecular flexibility index (Phi) is 7.47. The third kappa shape index (κ3) is 6.33. The Morgan fingerprint density at radius 1 is 1.03 bits per heavy atom. The molecule has 2 aromatic rings. The van der Waals surface area contributed by atoms with Gasteiger partial charge in [0.25, 0.3) is 0 Å². The van der Waals surface area contributed by atoms with Crippen LogP contribution in [0.2, 0.25) is 0 Å². The largest absolute Gasteiger partial charge is 0.490 e. The minimum Gasteiger partial charge on any atom is -0.490 e. The van der Waals surface area contributed by atoms with Crippen molar-refractivity contribution in [1.29, 1.82) is 0 Å². The Morgan fingerprint density at radius 2 is 1.77 bits per heavy atom. The first-order valence-electron chi connectivity index (χ1n) is 9.37. The topological polar surface area (TPSA) is 100 Å². The number of carbonyl (C=O) groups is 1. The summed E-state index contributed by atoms with van der Waals surface area (Å²) in [6, 6.07) is 9.89. The van der Waals surface area contributed by atoms with Crippen LogP contribution >= 0.6 is 0 Å². The summed E-state index contributed by atoms with van der Waals surface area (Å²) in [5, 5.41) is 0. The molecule has 0 radical (unpaired) electrons. The Labute approximate surface area is 173 Å². The average molecular weight is 439 g/mol. The van der Waals surface area contributed by atoms with Crippen molar-refractivity contribution in [1.82, 2.24) is 4.72 Å². The molecule has 1 N–H and O–H groups in total. The van der Waals surface area contributed by atoms with E-state index in [1.165, 1.54) is 36.4 Å². The van der Waals surface area contributed by atoms with Gasteiger partial charge in [-0.3, -0.25) is 4.79 Å². The lowest BCUT2D eigenvalue weighted by Crippen LogP contribution is -2.26. The molecule has 0 saturated heterocycles. The highest BCUT2D eigenvalue weighted by Crippen LogP contribution is 2.32. The fourth-order valence-corrected chi connectivity index (χ4v) is 3.72. The Morgan fingerprint density at radius 3 is 2.53 bits per heavy atom. The summed E-state index contributed by atoms with van der Waals surface area (Å²) in [5.41, 5.74) is 0. The first-order chi connectivity index (χ1) is 14.4. The van der Waals surface area contributed by atoms with Crippen molar-refractivity contribution in [3.63, 3.8) is 0 Å². The standard InChI is InChI=1S/C20H22FNO7S/c21-15-3-5-16(6-4-15)26-10-13-29-20(23)2-1-9-22-30(24,25)17-7-8-18-19(14-17)28-12-11-27-18/h3-8,14,22H,1-2,9-13H2. The van der Waals surface area contributed by atoms with Crippen LogP contribution in [0.3, 0.4) is 0 Å². The number of nitrogens with one attached hydrogen (secondary N) is 1. The normalized spacial score (nSPS) is 13.0. The maximum absolute atomic E-state index is 12.8. The molecular weight excluding hydrogens is 417 g/mol. The molecule has 1 aliphatic rings. The van der Waals surface area contributed by atoms with Gasteiger partial charge in [0, 0.05) is 19.0 Å². The highest BCUT2D eigenvalue weighted by atomic mass is 32.2. The summed E-state index contributed by atoms with van der Waals surface area (Å²) in [4.78, 5) is 11.8. The molecule has 0 amide bonds. The van der Waals surface area contributed by atoms with Gasteiger partial charge in [-0.2, -0.15) is 0 Å². The number of esters is 1. The molecule has 0 spiro atoms. The van der Waals surface area contributed by atoms with Crippen LogP contribution in [-0.4, -0.2) is 47.4 Å². The maximum atomic E-state index is 12.8. The first kappa shape index (κ1) is 21.8. The van der Waals surface area contributed by atoms with Gasteiger partial charge < -0.3 is 18.9 Å². The summed E-state index contributed by atoms with van der Waals surface area (Å²) >= 11 is 0. The number of hydrogen-bond acceptors (Lipinski definition) is 7. The zero-order valence-electron chi connectivity index (χ0n) is 16.1. The van der Waals surface area contributed by atoms with Crippen LogP contribution in [0, 0.1) is 5.82 Å². The van der Waals surface area contributed by atoms with Gasteiger partial charge in [0.15, 0.2) is 11.5 Å². The average Bonchev–Trinajstić information content (AvgIpc) is 2.75. The number of carbonyl (C=O) groups excluding carboxylic acids is 1. The van der Waals surface area contributed by atoms with E-state index in [9.17, 15) is 17.6 Å². The molecule has 162 valence electrons. The minimum absolute atomic E-state index is 0.0408. The van der Waals surface area contributed by atoms with Crippen LogP contribution in [0.1, 0.15) is 12.8 Å². The number of fused-ring (bicyclic) bond motifs is 1. The van der Waals surface area contributed by atoms with Crippen LogP contribution in [0.4, 0.5) is 4.39 Å². The van der Waals surface area contributed by atoms with Crippen molar-refractivity contribution in [2.75, 3.05) is 33.0 Å². The van der Waals surface area contributed by atoms with E-state index >= 15 is 0 Å². The lowest BCUT2D eigenvalue weighted by atomic mass is 10.3. The summed E-state index contributed by atoms with van der Waals surface area (Å²) in [6.45, 7) is 1.04. The minimum atomic E-state index is -3.73. The fraction of sp³-hybridized carbons (Fsp3) is 0.350. The number of sulfonamides is 1. The Balaban J connectivity index is 1.33. The summed E-state index contributed by atoms with van der Waals surface area (Å²) in [5.74, 6) is 0.539. The summed E-state index contributed by atoms with van der Waals surface area (Å²) in [7, 11) is -3.73. The molecule has 0 atom stereocenters.